The van der Waals surface area contributed by atoms with E-state index in [9.17, 15) is 4.79 Å². The van der Waals surface area contributed by atoms with E-state index in [2.05, 4.69) is 6.58 Å². The summed E-state index contributed by atoms with van der Waals surface area (Å²) in [4.78, 5) is 10.7. The lowest BCUT2D eigenvalue weighted by atomic mass is 10.2. The Morgan fingerprint density at radius 2 is 2.00 bits per heavy atom. The van der Waals surface area contributed by atoms with Gasteiger partial charge in [-0.15, -0.1) is 0 Å². The van der Waals surface area contributed by atoms with Gasteiger partial charge in [0.1, 0.15) is 6.61 Å². The summed E-state index contributed by atoms with van der Waals surface area (Å²) in [7, 11) is 0. The van der Waals surface area contributed by atoms with Gasteiger partial charge in [0.05, 0.1) is 15.6 Å². The van der Waals surface area contributed by atoms with E-state index in [1.807, 2.05) is 0 Å². The molecule has 15 heavy (non-hydrogen) atoms. The maximum absolute atomic E-state index is 10.7. The molecular weight excluding hydrogens is 239 g/mol. The molecule has 0 saturated carbocycles. The molecule has 3 nitrogen and oxygen atoms in total. The summed E-state index contributed by atoms with van der Waals surface area (Å²) in [6.07, 6.45) is 1.54. The third-order valence-electron chi connectivity index (χ3n) is 1.59. The molecule has 0 spiro atoms. The average Bonchev–Trinajstić information content (AvgIpc) is 2.16. The van der Waals surface area contributed by atoms with Crippen molar-refractivity contribution in [2.24, 2.45) is 0 Å². The zero-order chi connectivity index (χ0) is 11.4. The number of hydrogen-bond donors (Lipinski definition) is 1. The van der Waals surface area contributed by atoms with Crippen LogP contribution in [-0.2, 0) is 0 Å². The van der Waals surface area contributed by atoms with E-state index in [4.69, 9.17) is 33.0 Å². The molecule has 0 aliphatic carbocycles. The molecule has 1 aromatic rings. The van der Waals surface area contributed by atoms with Gasteiger partial charge in [0.25, 0.3) is 0 Å². The van der Waals surface area contributed by atoms with Crippen LogP contribution in [0.15, 0.2) is 24.8 Å². The summed E-state index contributed by atoms with van der Waals surface area (Å²) < 4.78 is 5.18. The molecule has 1 N–H and O–H groups in total. The molecule has 0 aromatic heterocycles. The van der Waals surface area contributed by atoms with E-state index in [1.54, 1.807) is 0 Å². The minimum atomic E-state index is -1.09. The fourth-order valence-electron chi connectivity index (χ4n) is 0.964. The number of carboxylic acids is 1. The van der Waals surface area contributed by atoms with Crippen LogP contribution in [0.1, 0.15) is 10.4 Å². The fraction of sp³-hybridized carbons (Fsp3) is 0.100. The van der Waals surface area contributed by atoms with Crippen molar-refractivity contribution in [1.82, 2.24) is 0 Å². The predicted octanol–water partition coefficient (Wildman–Crippen LogP) is 3.26. The maximum Gasteiger partial charge on any atom is 0.335 e. The van der Waals surface area contributed by atoms with Gasteiger partial charge in [-0.2, -0.15) is 0 Å². The smallest absolute Gasteiger partial charge is 0.335 e. The van der Waals surface area contributed by atoms with Gasteiger partial charge in [-0.1, -0.05) is 35.9 Å². The van der Waals surface area contributed by atoms with Crippen LogP contribution in [0.4, 0.5) is 0 Å². The predicted molar refractivity (Wildman–Crippen MR) is 59.1 cm³/mol. The van der Waals surface area contributed by atoms with Crippen LogP contribution in [-0.4, -0.2) is 17.7 Å². The van der Waals surface area contributed by atoms with Crippen molar-refractivity contribution >= 4 is 29.2 Å². The van der Waals surface area contributed by atoms with Gasteiger partial charge in [0.15, 0.2) is 5.75 Å². The van der Waals surface area contributed by atoms with Gasteiger partial charge in [0.2, 0.25) is 0 Å². The highest BCUT2D eigenvalue weighted by atomic mass is 35.5. The van der Waals surface area contributed by atoms with Gasteiger partial charge in [0, 0.05) is 0 Å². The van der Waals surface area contributed by atoms with Gasteiger partial charge < -0.3 is 9.84 Å². The SMILES string of the molecule is C=CCOc1c(Cl)cc(C(=O)O)cc1Cl. The van der Waals surface area contributed by atoms with Crippen LogP contribution in [0.2, 0.25) is 10.0 Å². The molecule has 0 heterocycles. The van der Waals surface area contributed by atoms with Crippen molar-refractivity contribution < 1.29 is 14.6 Å². The number of benzene rings is 1. The van der Waals surface area contributed by atoms with Crippen LogP contribution in [0.5, 0.6) is 5.75 Å². The van der Waals surface area contributed by atoms with Crippen molar-refractivity contribution in [3.8, 4) is 5.75 Å². The third kappa shape index (κ3) is 2.88. The lowest BCUT2D eigenvalue weighted by Crippen LogP contribution is -1.99. The molecule has 5 heteroatoms. The molecule has 0 bridgehead atoms. The van der Waals surface area contributed by atoms with Crippen LogP contribution >= 0.6 is 23.2 Å². The second kappa shape index (κ2) is 5.05. The highest BCUT2D eigenvalue weighted by Gasteiger charge is 2.12. The molecule has 0 radical (unpaired) electrons. The first-order valence-electron chi connectivity index (χ1n) is 4.02. The minimum Gasteiger partial charge on any atom is -0.486 e. The quantitative estimate of drug-likeness (QED) is 0.830. The zero-order valence-electron chi connectivity index (χ0n) is 7.67. The number of carboxylic acid groups (broad SMARTS) is 1. The summed E-state index contributed by atoms with van der Waals surface area (Å²) in [5.41, 5.74) is 0.0240. The first-order valence-corrected chi connectivity index (χ1v) is 4.78. The normalized spacial score (nSPS) is 9.73. The summed E-state index contributed by atoms with van der Waals surface area (Å²) in [5.74, 6) is -0.822. The molecule has 80 valence electrons. The molecule has 0 aliphatic rings. The number of rotatable bonds is 4. The highest BCUT2D eigenvalue weighted by Crippen LogP contribution is 2.34. The van der Waals surface area contributed by atoms with Gasteiger partial charge in [-0.3, -0.25) is 0 Å². The fourth-order valence-corrected chi connectivity index (χ4v) is 1.56. The molecule has 0 amide bonds. The third-order valence-corrected chi connectivity index (χ3v) is 2.15. The molecular formula is C10H8Cl2O3. The van der Waals surface area contributed by atoms with Crippen LogP contribution in [0.25, 0.3) is 0 Å². The monoisotopic (exact) mass is 246 g/mol. The molecule has 0 aliphatic heterocycles. The topological polar surface area (TPSA) is 46.5 Å². The van der Waals surface area contributed by atoms with Gasteiger partial charge in [-0.25, -0.2) is 4.79 Å². The molecule has 0 atom stereocenters. The Morgan fingerprint density at radius 1 is 1.47 bits per heavy atom. The van der Waals surface area contributed by atoms with E-state index in [1.165, 1.54) is 18.2 Å². The first-order chi connectivity index (χ1) is 7.06. The van der Waals surface area contributed by atoms with Gasteiger partial charge in [-0.05, 0) is 12.1 Å². The summed E-state index contributed by atoms with van der Waals surface area (Å²) in [6.45, 7) is 3.73. The number of aromatic carboxylic acids is 1. The Balaban J connectivity index is 3.09. The van der Waals surface area contributed by atoms with Crippen molar-refractivity contribution in [3.63, 3.8) is 0 Å². The van der Waals surface area contributed by atoms with E-state index < -0.39 is 5.97 Å². The lowest BCUT2D eigenvalue weighted by molar-refractivity contribution is 0.0697. The van der Waals surface area contributed by atoms with E-state index in [-0.39, 0.29) is 28.0 Å². The summed E-state index contributed by atoms with van der Waals surface area (Å²) in [6, 6.07) is 2.57. The number of hydrogen-bond acceptors (Lipinski definition) is 2. The van der Waals surface area contributed by atoms with E-state index >= 15 is 0 Å². The highest BCUT2D eigenvalue weighted by molar-refractivity contribution is 6.37. The maximum atomic E-state index is 10.7. The Labute approximate surface area is 96.9 Å². The Bertz CT molecular complexity index is 379. The number of ether oxygens (including phenoxy) is 1. The number of carbonyl (C=O) groups is 1. The summed E-state index contributed by atoms with van der Waals surface area (Å²) in [5, 5.41) is 9.06. The average molecular weight is 247 g/mol. The standard InChI is InChI=1S/C10H8Cl2O3/c1-2-3-15-9-7(11)4-6(10(13)14)5-8(9)12/h2,4-5H,1,3H2,(H,13,14). The van der Waals surface area contributed by atoms with Gasteiger partial charge >= 0.3 is 5.97 Å². The molecule has 0 fully saturated rings. The molecule has 1 rings (SSSR count). The Kier molecular flexibility index (Phi) is 4.00. The second-order valence-corrected chi connectivity index (χ2v) is 3.49. The largest absolute Gasteiger partial charge is 0.486 e. The van der Waals surface area contributed by atoms with Crippen LogP contribution in [0, 0.1) is 0 Å². The van der Waals surface area contributed by atoms with Crippen molar-refractivity contribution in [1.29, 1.82) is 0 Å². The lowest BCUT2D eigenvalue weighted by Gasteiger charge is -2.08. The van der Waals surface area contributed by atoms with E-state index in [0.717, 1.165) is 0 Å². The Hall–Kier alpha value is -1.19. The molecule has 1 aromatic carbocycles. The number of halogens is 2. The summed E-state index contributed by atoms with van der Waals surface area (Å²) >= 11 is 11.6. The molecule has 0 unspecified atom stereocenters. The van der Waals surface area contributed by atoms with Crippen molar-refractivity contribution in [3.05, 3.63) is 40.4 Å². The van der Waals surface area contributed by atoms with E-state index in [0.29, 0.717) is 0 Å². The van der Waals surface area contributed by atoms with Crippen LogP contribution in [0.3, 0.4) is 0 Å². The minimum absolute atomic E-state index is 0.0240. The second-order valence-electron chi connectivity index (χ2n) is 2.67. The zero-order valence-corrected chi connectivity index (χ0v) is 9.18. The van der Waals surface area contributed by atoms with Crippen molar-refractivity contribution in [2.75, 3.05) is 6.61 Å². The first kappa shape index (κ1) is 11.9. The molecule has 0 saturated heterocycles. The van der Waals surface area contributed by atoms with Crippen LogP contribution < -0.4 is 4.74 Å². The van der Waals surface area contributed by atoms with Crippen molar-refractivity contribution in [2.45, 2.75) is 0 Å². The Morgan fingerprint density at radius 3 is 2.40 bits per heavy atom.